The van der Waals surface area contributed by atoms with Crippen LogP contribution in [0.5, 0.6) is 0 Å². The summed E-state index contributed by atoms with van der Waals surface area (Å²) in [5, 5.41) is 8.63. The van der Waals surface area contributed by atoms with Gasteiger partial charge in [-0.15, -0.1) is 0 Å². The van der Waals surface area contributed by atoms with Crippen LogP contribution >= 0.6 is 11.6 Å². The van der Waals surface area contributed by atoms with Crippen LogP contribution in [-0.2, 0) is 17.7 Å². The maximum absolute atomic E-state index is 6.35. The Hall–Kier alpha value is -0.580. The third-order valence-electron chi connectivity index (χ3n) is 3.62. The molecule has 0 saturated carbocycles. The molecular formula is C14H26ClN3O. The zero-order valence-electron chi connectivity index (χ0n) is 12.7. The first-order valence-corrected chi connectivity index (χ1v) is 7.33. The maximum atomic E-state index is 6.35. The van der Waals surface area contributed by atoms with Gasteiger partial charge in [-0.3, -0.25) is 4.68 Å². The number of hydrogen-bond acceptors (Lipinski definition) is 3. The van der Waals surface area contributed by atoms with Crippen molar-refractivity contribution in [3.8, 4) is 0 Å². The lowest BCUT2D eigenvalue weighted by Crippen LogP contribution is -2.30. The van der Waals surface area contributed by atoms with Crippen molar-refractivity contribution in [1.82, 2.24) is 15.1 Å². The molecule has 1 rings (SSSR count). The standard InChI is InChI=1S/C14H26ClN3O/c1-6-18-13(14(15)11(3)17-18)9-12(16-4)8-7-10(2)19-5/h10,12,16H,6-9H2,1-5H3. The molecule has 0 aliphatic rings. The normalized spacial score (nSPS) is 14.6. The summed E-state index contributed by atoms with van der Waals surface area (Å²) < 4.78 is 7.30. The highest BCUT2D eigenvalue weighted by Gasteiger charge is 2.17. The topological polar surface area (TPSA) is 39.1 Å². The predicted molar refractivity (Wildman–Crippen MR) is 79.9 cm³/mol. The van der Waals surface area contributed by atoms with Crippen molar-refractivity contribution in [3.63, 3.8) is 0 Å². The average molecular weight is 288 g/mol. The third kappa shape index (κ3) is 4.48. The second kappa shape index (κ2) is 7.88. The van der Waals surface area contributed by atoms with Gasteiger partial charge >= 0.3 is 0 Å². The van der Waals surface area contributed by atoms with E-state index in [9.17, 15) is 0 Å². The second-order valence-corrected chi connectivity index (χ2v) is 5.35. The van der Waals surface area contributed by atoms with Gasteiger partial charge in [-0.2, -0.15) is 5.10 Å². The predicted octanol–water partition coefficient (Wildman–Crippen LogP) is 2.81. The molecule has 2 unspecified atom stereocenters. The zero-order valence-corrected chi connectivity index (χ0v) is 13.4. The van der Waals surface area contributed by atoms with E-state index in [1.807, 2.05) is 18.7 Å². The molecule has 0 aromatic carbocycles. The minimum absolute atomic E-state index is 0.296. The molecule has 0 bridgehead atoms. The second-order valence-electron chi connectivity index (χ2n) is 4.98. The van der Waals surface area contributed by atoms with E-state index in [1.54, 1.807) is 7.11 Å². The number of rotatable bonds is 8. The van der Waals surface area contributed by atoms with Crippen LogP contribution in [-0.4, -0.2) is 36.1 Å². The highest BCUT2D eigenvalue weighted by atomic mass is 35.5. The molecule has 0 amide bonds. The van der Waals surface area contributed by atoms with Gasteiger partial charge < -0.3 is 10.1 Å². The number of aromatic nitrogens is 2. The fraction of sp³-hybridized carbons (Fsp3) is 0.786. The Morgan fingerprint density at radius 2 is 2.11 bits per heavy atom. The Kier molecular flexibility index (Phi) is 6.83. The third-order valence-corrected chi connectivity index (χ3v) is 4.12. The smallest absolute Gasteiger partial charge is 0.0847 e. The number of likely N-dealkylation sites (N-methyl/N-ethyl adjacent to an activating group) is 1. The molecule has 2 atom stereocenters. The first-order chi connectivity index (χ1) is 9.03. The molecule has 5 heteroatoms. The number of ether oxygens (including phenoxy) is 1. The molecule has 0 aliphatic heterocycles. The number of nitrogens with zero attached hydrogens (tertiary/aromatic N) is 2. The van der Waals surface area contributed by atoms with Gasteiger partial charge in [-0.25, -0.2) is 0 Å². The summed E-state index contributed by atoms with van der Waals surface area (Å²) in [5.41, 5.74) is 2.05. The van der Waals surface area contributed by atoms with Crippen molar-refractivity contribution < 1.29 is 4.74 Å². The summed E-state index contributed by atoms with van der Waals surface area (Å²) in [6.45, 7) is 7.00. The van der Waals surface area contributed by atoms with Gasteiger partial charge in [0, 0.05) is 26.1 Å². The minimum atomic E-state index is 0.296. The van der Waals surface area contributed by atoms with E-state index >= 15 is 0 Å². The van der Waals surface area contributed by atoms with E-state index in [0.717, 1.165) is 42.2 Å². The first kappa shape index (κ1) is 16.5. The van der Waals surface area contributed by atoms with Gasteiger partial charge in [0.05, 0.1) is 22.5 Å². The summed E-state index contributed by atoms with van der Waals surface area (Å²) in [6.07, 6.45) is 3.30. The van der Waals surface area contributed by atoms with E-state index in [-0.39, 0.29) is 0 Å². The van der Waals surface area contributed by atoms with Crippen LogP contribution in [0.25, 0.3) is 0 Å². The van der Waals surface area contributed by atoms with E-state index in [1.165, 1.54) is 0 Å². The van der Waals surface area contributed by atoms with Crippen LogP contribution in [0.4, 0.5) is 0 Å². The molecule has 19 heavy (non-hydrogen) atoms. The lowest BCUT2D eigenvalue weighted by Gasteiger charge is -2.19. The Morgan fingerprint density at radius 3 is 2.63 bits per heavy atom. The highest BCUT2D eigenvalue weighted by Crippen LogP contribution is 2.22. The monoisotopic (exact) mass is 287 g/mol. The molecule has 1 N–H and O–H groups in total. The number of hydrogen-bond donors (Lipinski definition) is 1. The van der Waals surface area contributed by atoms with E-state index < -0.39 is 0 Å². The zero-order chi connectivity index (χ0) is 14.4. The molecule has 1 aromatic heterocycles. The Balaban J connectivity index is 2.70. The van der Waals surface area contributed by atoms with Crippen LogP contribution in [0, 0.1) is 6.92 Å². The summed E-state index contributed by atoms with van der Waals surface area (Å²) in [6, 6.07) is 0.400. The van der Waals surface area contributed by atoms with E-state index in [2.05, 4.69) is 24.3 Å². The van der Waals surface area contributed by atoms with Crippen molar-refractivity contribution in [3.05, 3.63) is 16.4 Å². The van der Waals surface area contributed by atoms with Crippen LogP contribution in [0.3, 0.4) is 0 Å². The lowest BCUT2D eigenvalue weighted by molar-refractivity contribution is 0.106. The molecule has 0 saturated heterocycles. The van der Waals surface area contributed by atoms with Gasteiger partial charge in [0.15, 0.2) is 0 Å². The maximum Gasteiger partial charge on any atom is 0.0847 e. The molecule has 0 aliphatic carbocycles. The molecule has 0 fully saturated rings. The molecule has 1 heterocycles. The van der Waals surface area contributed by atoms with Crippen molar-refractivity contribution in [2.75, 3.05) is 14.2 Å². The number of nitrogens with one attached hydrogen (secondary N) is 1. The summed E-state index contributed by atoms with van der Waals surface area (Å²) in [4.78, 5) is 0. The highest BCUT2D eigenvalue weighted by molar-refractivity contribution is 6.31. The van der Waals surface area contributed by atoms with Crippen molar-refractivity contribution in [2.24, 2.45) is 0 Å². The lowest BCUT2D eigenvalue weighted by atomic mass is 10.0. The molecule has 1 aromatic rings. The Labute approximate surface area is 121 Å². The van der Waals surface area contributed by atoms with Crippen LogP contribution < -0.4 is 5.32 Å². The Bertz CT molecular complexity index is 392. The molecule has 0 spiro atoms. The average Bonchev–Trinajstić information content (AvgIpc) is 2.69. The van der Waals surface area contributed by atoms with Crippen molar-refractivity contribution >= 4 is 11.6 Å². The Morgan fingerprint density at radius 1 is 1.42 bits per heavy atom. The van der Waals surface area contributed by atoms with Crippen LogP contribution in [0.2, 0.25) is 5.02 Å². The largest absolute Gasteiger partial charge is 0.382 e. The number of halogens is 1. The van der Waals surface area contributed by atoms with Gasteiger partial charge in [-0.05, 0) is 40.7 Å². The van der Waals surface area contributed by atoms with Gasteiger partial charge in [0.25, 0.3) is 0 Å². The molecule has 0 radical (unpaired) electrons. The summed E-state index contributed by atoms with van der Waals surface area (Å²) in [7, 11) is 3.75. The first-order valence-electron chi connectivity index (χ1n) is 6.95. The van der Waals surface area contributed by atoms with Crippen molar-refractivity contribution in [1.29, 1.82) is 0 Å². The SMILES string of the molecule is CCn1nc(C)c(Cl)c1CC(CCC(C)OC)NC. The summed E-state index contributed by atoms with van der Waals surface area (Å²) >= 11 is 6.35. The quantitative estimate of drug-likeness (QED) is 0.799. The van der Waals surface area contributed by atoms with E-state index in [4.69, 9.17) is 16.3 Å². The number of aryl methyl sites for hydroxylation is 2. The summed E-state index contributed by atoms with van der Waals surface area (Å²) in [5.74, 6) is 0. The molecular weight excluding hydrogens is 262 g/mol. The van der Waals surface area contributed by atoms with Gasteiger partial charge in [0.2, 0.25) is 0 Å². The van der Waals surface area contributed by atoms with Gasteiger partial charge in [-0.1, -0.05) is 11.6 Å². The fourth-order valence-electron chi connectivity index (χ4n) is 2.20. The molecule has 4 nitrogen and oxygen atoms in total. The van der Waals surface area contributed by atoms with E-state index in [0.29, 0.717) is 12.1 Å². The fourth-order valence-corrected chi connectivity index (χ4v) is 2.41. The van der Waals surface area contributed by atoms with Crippen LogP contribution in [0.15, 0.2) is 0 Å². The van der Waals surface area contributed by atoms with Crippen molar-refractivity contribution in [2.45, 2.75) is 58.7 Å². The van der Waals surface area contributed by atoms with Crippen LogP contribution in [0.1, 0.15) is 38.1 Å². The number of methoxy groups -OCH3 is 1. The minimum Gasteiger partial charge on any atom is -0.382 e. The van der Waals surface area contributed by atoms with Gasteiger partial charge in [0.1, 0.15) is 0 Å². The molecule has 110 valence electrons.